The van der Waals surface area contributed by atoms with Gasteiger partial charge in [-0.15, -0.1) is 0 Å². The SMILES string of the molecule is CN=C(NCCCC1CC1)NC1CCN(c2cccc(F)c2)CC1. The number of piperidine rings is 1. The van der Waals surface area contributed by atoms with Gasteiger partial charge in [-0.25, -0.2) is 4.39 Å². The first-order valence-corrected chi connectivity index (χ1v) is 9.22. The highest BCUT2D eigenvalue weighted by molar-refractivity contribution is 5.79. The fraction of sp³-hybridized carbons (Fsp3) is 0.632. The zero-order chi connectivity index (χ0) is 16.8. The van der Waals surface area contributed by atoms with Crippen LogP contribution in [0, 0.1) is 11.7 Å². The number of anilines is 1. The lowest BCUT2D eigenvalue weighted by atomic mass is 10.0. The van der Waals surface area contributed by atoms with Crippen LogP contribution >= 0.6 is 0 Å². The molecular weight excluding hydrogens is 303 g/mol. The molecule has 1 aliphatic heterocycles. The van der Waals surface area contributed by atoms with Gasteiger partial charge in [0.1, 0.15) is 5.82 Å². The van der Waals surface area contributed by atoms with Crippen LogP contribution in [0.4, 0.5) is 10.1 Å². The van der Waals surface area contributed by atoms with Crippen LogP contribution in [0.1, 0.15) is 38.5 Å². The van der Waals surface area contributed by atoms with Crippen LogP contribution < -0.4 is 15.5 Å². The maximum absolute atomic E-state index is 13.4. The predicted molar refractivity (Wildman–Crippen MR) is 98.1 cm³/mol. The minimum atomic E-state index is -0.163. The minimum absolute atomic E-state index is 0.163. The third-order valence-corrected chi connectivity index (χ3v) is 5.01. The molecule has 1 aromatic carbocycles. The molecule has 1 aliphatic carbocycles. The summed E-state index contributed by atoms with van der Waals surface area (Å²) in [4.78, 5) is 6.59. The van der Waals surface area contributed by atoms with Crippen LogP contribution in [0.5, 0.6) is 0 Å². The van der Waals surface area contributed by atoms with Crippen LogP contribution in [0.2, 0.25) is 0 Å². The van der Waals surface area contributed by atoms with E-state index < -0.39 is 0 Å². The van der Waals surface area contributed by atoms with Gasteiger partial charge >= 0.3 is 0 Å². The van der Waals surface area contributed by atoms with Gasteiger partial charge in [0.25, 0.3) is 0 Å². The van der Waals surface area contributed by atoms with Gasteiger partial charge in [0.2, 0.25) is 0 Å². The number of rotatable bonds is 6. The van der Waals surface area contributed by atoms with E-state index in [9.17, 15) is 4.39 Å². The number of hydrogen-bond donors (Lipinski definition) is 2. The number of guanidine groups is 1. The summed E-state index contributed by atoms with van der Waals surface area (Å²) in [5.41, 5.74) is 0.982. The summed E-state index contributed by atoms with van der Waals surface area (Å²) in [6.07, 6.45) is 7.51. The van der Waals surface area contributed by atoms with E-state index in [1.54, 1.807) is 12.1 Å². The highest BCUT2D eigenvalue weighted by atomic mass is 19.1. The predicted octanol–water partition coefficient (Wildman–Crippen LogP) is 3.15. The lowest BCUT2D eigenvalue weighted by molar-refractivity contribution is 0.460. The van der Waals surface area contributed by atoms with Gasteiger partial charge in [0.15, 0.2) is 5.96 Å². The molecule has 3 rings (SSSR count). The second-order valence-electron chi connectivity index (χ2n) is 6.97. The molecule has 0 atom stereocenters. The fourth-order valence-electron chi connectivity index (χ4n) is 3.35. The van der Waals surface area contributed by atoms with E-state index in [0.29, 0.717) is 6.04 Å². The van der Waals surface area contributed by atoms with Crippen molar-refractivity contribution in [2.45, 2.75) is 44.6 Å². The molecule has 1 saturated carbocycles. The van der Waals surface area contributed by atoms with Gasteiger partial charge in [-0.2, -0.15) is 0 Å². The van der Waals surface area contributed by atoms with E-state index in [1.807, 2.05) is 13.1 Å². The smallest absolute Gasteiger partial charge is 0.191 e. The summed E-state index contributed by atoms with van der Waals surface area (Å²) in [7, 11) is 1.83. The molecule has 4 nitrogen and oxygen atoms in total. The number of nitrogens with zero attached hydrogens (tertiary/aromatic N) is 2. The van der Waals surface area contributed by atoms with Crippen molar-refractivity contribution in [2.24, 2.45) is 10.9 Å². The first kappa shape index (κ1) is 17.1. The number of nitrogens with one attached hydrogen (secondary N) is 2. The molecule has 132 valence electrons. The minimum Gasteiger partial charge on any atom is -0.371 e. The number of benzene rings is 1. The monoisotopic (exact) mass is 332 g/mol. The molecule has 2 N–H and O–H groups in total. The quantitative estimate of drug-likeness (QED) is 0.478. The van der Waals surface area contributed by atoms with Gasteiger partial charge in [0.05, 0.1) is 0 Å². The molecule has 1 saturated heterocycles. The van der Waals surface area contributed by atoms with E-state index in [2.05, 4.69) is 20.5 Å². The average Bonchev–Trinajstić information content (AvgIpc) is 3.42. The Morgan fingerprint density at radius 1 is 1.25 bits per heavy atom. The number of halogens is 1. The molecule has 5 heteroatoms. The Hall–Kier alpha value is -1.78. The fourth-order valence-corrected chi connectivity index (χ4v) is 3.35. The van der Waals surface area contributed by atoms with Crippen molar-refractivity contribution in [3.8, 4) is 0 Å². The molecule has 0 radical (unpaired) electrons. The van der Waals surface area contributed by atoms with Crippen molar-refractivity contribution in [3.05, 3.63) is 30.1 Å². The Balaban J connectivity index is 1.38. The van der Waals surface area contributed by atoms with Crippen molar-refractivity contribution in [1.29, 1.82) is 0 Å². The van der Waals surface area contributed by atoms with E-state index >= 15 is 0 Å². The molecule has 2 aliphatic rings. The molecular formula is C19H29FN4. The van der Waals surface area contributed by atoms with Crippen molar-refractivity contribution >= 4 is 11.6 Å². The third-order valence-electron chi connectivity index (χ3n) is 5.01. The van der Waals surface area contributed by atoms with Crippen LogP contribution in [0.15, 0.2) is 29.3 Å². The highest BCUT2D eigenvalue weighted by Gasteiger charge is 2.21. The van der Waals surface area contributed by atoms with Crippen molar-refractivity contribution < 1.29 is 4.39 Å². The zero-order valence-corrected chi connectivity index (χ0v) is 14.6. The van der Waals surface area contributed by atoms with Gasteiger partial charge in [-0.3, -0.25) is 4.99 Å². The summed E-state index contributed by atoms with van der Waals surface area (Å²) in [5.74, 6) is 1.74. The lowest BCUT2D eigenvalue weighted by Crippen LogP contribution is -2.48. The summed E-state index contributed by atoms with van der Waals surface area (Å²) in [5, 5.41) is 6.96. The third kappa shape index (κ3) is 5.11. The van der Waals surface area contributed by atoms with E-state index in [4.69, 9.17) is 0 Å². The zero-order valence-electron chi connectivity index (χ0n) is 14.6. The second-order valence-corrected chi connectivity index (χ2v) is 6.97. The van der Waals surface area contributed by atoms with Crippen LogP contribution in [0.25, 0.3) is 0 Å². The van der Waals surface area contributed by atoms with Crippen molar-refractivity contribution in [3.63, 3.8) is 0 Å². The summed E-state index contributed by atoms with van der Waals surface area (Å²) in [6.45, 7) is 2.89. The summed E-state index contributed by atoms with van der Waals surface area (Å²) >= 11 is 0. The van der Waals surface area contributed by atoms with Gasteiger partial charge in [0, 0.05) is 38.4 Å². The maximum atomic E-state index is 13.4. The molecule has 0 bridgehead atoms. The van der Waals surface area contributed by atoms with E-state index in [1.165, 1.54) is 31.7 Å². The van der Waals surface area contributed by atoms with Gasteiger partial charge in [-0.05, 0) is 49.8 Å². The highest BCUT2D eigenvalue weighted by Crippen LogP contribution is 2.33. The largest absolute Gasteiger partial charge is 0.371 e. The number of hydrogen-bond acceptors (Lipinski definition) is 2. The molecule has 1 heterocycles. The molecule has 2 fully saturated rings. The van der Waals surface area contributed by atoms with Crippen molar-refractivity contribution in [2.75, 3.05) is 31.6 Å². The van der Waals surface area contributed by atoms with Crippen molar-refractivity contribution in [1.82, 2.24) is 10.6 Å². The molecule has 24 heavy (non-hydrogen) atoms. The maximum Gasteiger partial charge on any atom is 0.191 e. The van der Waals surface area contributed by atoms with E-state index in [-0.39, 0.29) is 5.82 Å². The number of aliphatic imine (C=N–C) groups is 1. The normalized spacial score (nSPS) is 19.4. The molecule has 1 aromatic rings. The van der Waals surface area contributed by atoms with Gasteiger partial charge < -0.3 is 15.5 Å². The summed E-state index contributed by atoms with van der Waals surface area (Å²) in [6, 6.07) is 7.31. The molecule has 0 aromatic heterocycles. The first-order chi connectivity index (χ1) is 11.7. The molecule has 0 amide bonds. The Morgan fingerprint density at radius 3 is 2.71 bits per heavy atom. The lowest BCUT2D eigenvalue weighted by Gasteiger charge is -2.34. The van der Waals surface area contributed by atoms with Gasteiger partial charge in [-0.1, -0.05) is 18.9 Å². The Bertz CT molecular complexity index is 548. The Morgan fingerprint density at radius 2 is 2.04 bits per heavy atom. The average molecular weight is 332 g/mol. The Labute approximate surface area is 144 Å². The molecule has 0 unspecified atom stereocenters. The topological polar surface area (TPSA) is 39.7 Å². The van der Waals surface area contributed by atoms with Crippen LogP contribution in [-0.2, 0) is 0 Å². The Kier molecular flexibility index (Phi) is 5.94. The molecule has 0 spiro atoms. The summed E-state index contributed by atoms with van der Waals surface area (Å²) < 4.78 is 13.4. The standard InChI is InChI=1S/C19H29FN4/c1-21-19(22-11-3-4-15-7-8-15)23-17-9-12-24(13-10-17)18-6-2-5-16(20)14-18/h2,5-6,14-15,17H,3-4,7-13H2,1H3,(H2,21,22,23). The van der Waals surface area contributed by atoms with Crippen LogP contribution in [-0.4, -0.2) is 38.7 Å². The second kappa shape index (κ2) is 8.36. The van der Waals surface area contributed by atoms with Crippen LogP contribution in [0.3, 0.4) is 0 Å². The first-order valence-electron chi connectivity index (χ1n) is 9.22. The van der Waals surface area contributed by atoms with E-state index in [0.717, 1.165) is 50.0 Å².